The van der Waals surface area contributed by atoms with Crippen molar-refractivity contribution in [2.45, 2.75) is 6.92 Å². The third-order valence-corrected chi connectivity index (χ3v) is 2.06. The Labute approximate surface area is 72.4 Å². The van der Waals surface area contributed by atoms with Gasteiger partial charge in [-0.2, -0.15) is 0 Å². The Morgan fingerprint density at radius 3 is 2.85 bits per heavy atom. The van der Waals surface area contributed by atoms with Crippen LogP contribution in [0, 0.1) is 6.92 Å². The molecule has 3 rings (SSSR count). The van der Waals surface area contributed by atoms with Crippen LogP contribution in [0.25, 0.3) is 0 Å². The van der Waals surface area contributed by atoms with Crippen LogP contribution >= 0.6 is 0 Å². The minimum atomic E-state index is 0.743. The van der Waals surface area contributed by atoms with Gasteiger partial charge in [-0.15, -0.1) is 20.4 Å². The summed E-state index contributed by atoms with van der Waals surface area (Å²) in [6.07, 6.45) is 0. The molecule has 0 unspecified atom stereocenters. The summed E-state index contributed by atoms with van der Waals surface area (Å²) in [7, 11) is 0. The second-order valence-electron chi connectivity index (χ2n) is 2.82. The predicted molar refractivity (Wildman–Crippen MR) is 42.5 cm³/mol. The number of hydrogen-bond acceptors (Lipinski definition) is 6. The predicted octanol–water partition coefficient (Wildman–Crippen LogP) is 1.26. The van der Waals surface area contributed by atoms with Crippen molar-refractivity contribution < 1.29 is 0 Å². The summed E-state index contributed by atoms with van der Waals surface area (Å²) in [4.78, 5) is 0. The molecule has 0 radical (unpaired) electrons. The lowest BCUT2D eigenvalue weighted by Gasteiger charge is -1.94. The molecule has 0 aromatic heterocycles. The molecule has 13 heavy (non-hydrogen) atoms. The molecule has 2 aliphatic heterocycles. The van der Waals surface area contributed by atoms with Gasteiger partial charge in [-0.3, -0.25) is 0 Å². The van der Waals surface area contributed by atoms with Crippen LogP contribution in [0.2, 0.25) is 0 Å². The average molecular weight is 172 g/mol. The van der Waals surface area contributed by atoms with Crippen LogP contribution in [-0.4, -0.2) is 0 Å². The zero-order valence-corrected chi connectivity index (χ0v) is 6.76. The van der Waals surface area contributed by atoms with E-state index in [0.29, 0.717) is 0 Å². The molecular weight excluding hydrogens is 168 g/mol. The Morgan fingerprint density at radius 1 is 1.08 bits per heavy atom. The molecule has 6 nitrogen and oxygen atoms in total. The van der Waals surface area contributed by atoms with E-state index in [-0.39, 0.29) is 0 Å². The smallest absolute Gasteiger partial charge is 0.120 e. The molecule has 2 aliphatic rings. The van der Waals surface area contributed by atoms with Crippen molar-refractivity contribution >= 4 is 11.4 Å². The van der Waals surface area contributed by atoms with Gasteiger partial charge in [0.25, 0.3) is 0 Å². The summed E-state index contributed by atoms with van der Waals surface area (Å²) in [6.45, 7) is 1.91. The third-order valence-electron chi connectivity index (χ3n) is 2.06. The quantitative estimate of drug-likeness (QED) is 0.565. The third kappa shape index (κ3) is 0.715. The van der Waals surface area contributed by atoms with Crippen molar-refractivity contribution in [1.29, 1.82) is 0 Å². The van der Waals surface area contributed by atoms with Crippen molar-refractivity contribution in [3.8, 4) is 0 Å². The van der Waals surface area contributed by atoms with Crippen molar-refractivity contribution in [2.24, 2.45) is 30.9 Å². The molecular formula is C7H4N6. The van der Waals surface area contributed by atoms with Gasteiger partial charge in [0, 0.05) is 5.56 Å². The van der Waals surface area contributed by atoms with Crippen LogP contribution in [0.3, 0.4) is 0 Å². The molecule has 1 aromatic carbocycles. The van der Waals surface area contributed by atoms with Crippen LogP contribution in [-0.2, 0) is 0 Å². The zero-order chi connectivity index (χ0) is 8.84. The topological polar surface area (TPSA) is 74.2 Å². The number of fused-ring (bicyclic) bond motifs is 2. The first-order valence-electron chi connectivity index (χ1n) is 3.77. The van der Waals surface area contributed by atoms with Crippen molar-refractivity contribution in [2.75, 3.05) is 0 Å². The first-order valence-corrected chi connectivity index (χ1v) is 3.77. The molecule has 0 fully saturated rings. The van der Waals surface area contributed by atoms with Gasteiger partial charge in [-0.1, -0.05) is 0 Å². The molecule has 0 atom stereocenters. The SMILES string of the molecule is Cc1c2c(cc3c1=NN=N3)=NN=N2. The van der Waals surface area contributed by atoms with Crippen LogP contribution < -0.4 is 10.7 Å². The van der Waals surface area contributed by atoms with E-state index < -0.39 is 0 Å². The van der Waals surface area contributed by atoms with Gasteiger partial charge in [0.1, 0.15) is 22.1 Å². The van der Waals surface area contributed by atoms with Gasteiger partial charge >= 0.3 is 0 Å². The minimum Gasteiger partial charge on any atom is -0.128 e. The fourth-order valence-electron chi connectivity index (χ4n) is 1.40. The summed E-state index contributed by atoms with van der Waals surface area (Å²) >= 11 is 0. The van der Waals surface area contributed by atoms with Crippen molar-refractivity contribution in [3.05, 3.63) is 22.3 Å². The van der Waals surface area contributed by atoms with Crippen LogP contribution in [0.15, 0.2) is 36.9 Å². The normalized spacial score (nSPS) is 15.2. The lowest BCUT2D eigenvalue weighted by atomic mass is 10.1. The van der Waals surface area contributed by atoms with E-state index in [9.17, 15) is 0 Å². The highest BCUT2D eigenvalue weighted by atomic mass is 15.4. The standard InChI is InChI=1S/C7H4N6/c1-3-6-4(8-12-10-6)2-5-7(3)11-13-9-5/h2H,1H3. The Hall–Kier alpha value is -1.98. The van der Waals surface area contributed by atoms with Gasteiger partial charge in [0.15, 0.2) is 0 Å². The van der Waals surface area contributed by atoms with Gasteiger partial charge in [0.05, 0.1) is 0 Å². The summed E-state index contributed by atoms with van der Waals surface area (Å²) in [5, 5.41) is 24.2. The molecule has 1 aromatic rings. The van der Waals surface area contributed by atoms with Gasteiger partial charge < -0.3 is 0 Å². The highest BCUT2D eigenvalue weighted by Gasteiger charge is 2.13. The first kappa shape index (κ1) is 6.53. The van der Waals surface area contributed by atoms with E-state index in [0.717, 1.165) is 27.7 Å². The summed E-state index contributed by atoms with van der Waals surface area (Å²) in [6, 6.07) is 1.79. The maximum atomic E-state index is 3.89. The average Bonchev–Trinajstić information content (AvgIpc) is 2.71. The summed E-state index contributed by atoms with van der Waals surface area (Å²) in [5.41, 5.74) is 2.45. The highest BCUT2D eigenvalue weighted by Crippen LogP contribution is 2.19. The van der Waals surface area contributed by atoms with Crippen LogP contribution in [0.5, 0.6) is 0 Å². The molecule has 62 valence electrons. The molecule has 0 aliphatic carbocycles. The lowest BCUT2D eigenvalue weighted by molar-refractivity contribution is 1.06. The minimum absolute atomic E-state index is 0.743. The molecule has 0 saturated heterocycles. The van der Waals surface area contributed by atoms with Gasteiger partial charge in [-0.25, -0.2) is 0 Å². The summed E-state index contributed by atoms with van der Waals surface area (Å²) in [5.74, 6) is 0. The number of hydrogen-bond donors (Lipinski definition) is 0. The lowest BCUT2D eigenvalue weighted by Crippen LogP contribution is -2.11. The molecule has 0 saturated carbocycles. The van der Waals surface area contributed by atoms with E-state index >= 15 is 0 Å². The van der Waals surface area contributed by atoms with E-state index in [4.69, 9.17) is 0 Å². The van der Waals surface area contributed by atoms with Gasteiger partial charge in [-0.05, 0) is 23.4 Å². The van der Waals surface area contributed by atoms with Crippen molar-refractivity contribution in [1.82, 2.24) is 0 Å². The number of rotatable bonds is 0. The molecule has 6 heteroatoms. The Bertz CT molecular complexity index is 568. The second kappa shape index (κ2) is 2.03. The van der Waals surface area contributed by atoms with E-state index in [1.54, 1.807) is 6.07 Å². The Balaban J connectivity index is 2.56. The largest absolute Gasteiger partial charge is 0.128 e. The fraction of sp³-hybridized carbons (Fsp3) is 0.143. The molecule has 2 heterocycles. The first-order chi connectivity index (χ1) is 6.36. The highest BCUT2D eigenvalue weighted by molar-refractivity contribution is 5.53. The number of benzene rings is 1. The molecule has 0 bridgehead atoms. The van der Waals surface area contributed by atoms with Crippen molar-refractivity contribution in [3.63, 3.8) is 0 Å². The summed E-state index contributed by atoms with van der Waals surface area (Å²) < 4.78 is 0. The molecule has 0 spiro atoms. The molecule has 0 N–H and O–H groups in total. The van der Waals surface area contributed by atoms with Crippen LogP contribution in [0.4, 0.5) is 11.4 Å². The fourth-order valence-corrected chi connectivity index (χ4v) is 1.40. The maximum Gasteiger partial charge on any atom is 0.120 e. The van der Waals surface area contributed by atoms with E-state index in [1.165, 1.54) is 0 Å². The van der Waals surface area contributed by atoms with Crippen LogP contribution in [0.1, 0.15) is 5.56 Å². The Kier molecular flexibility index (Phi) is 1.02. The molecule has 0 amide bonds. The maximum absolute atomic E-state index is 3.89. The van der Waals surface area contributed by atoms with E-state index in [1.807, 2.05) is 6.92 Å². The number of nitrogens with zero attached hydrogens (tertiary/aromatic N) is 6. The zero-order valence-electron chi connectivity index (χ0n) is 6.76. The van der Waals surface area contributed by atoms with E-state index in [2.05, 4.69) is 30.9 Å². The van der Waals surface area contributed by atoms with Gasteiger partial charge in [0.2, 0.25) is 0 Å². The Morgan fingerprint density at radius 2 is 1.92 bits per heavy atom. The monoisotopic (exact) mass is 172 g/mol. The second-order valence-corrected chi connectivity index (χ2v) is 2.82.